The predicted octanol–water partition coefficient (Wildman–Crippen LogP) is 6.35. The topological polar surface area (TPSA) is 98.1 Å². The number of nitrogens with zero attached hydrogens (tertiary/aromatic N) is 1. The molecular weight excluding hydrogens is 580 g/mol. The molecule has 3 aliphatic carbocycles. The van der Waals surface area contributed by atoms with Crippen LogP contribution in [-0.2, 0) is 22.6 Å². The van der Waals surface area contributed by atoms with E-state index in [1.165, 1.54) is 6.07 Å². The van der Waals surface area contributed by atoms with Crippen molar-refractivity contribution < 1.29 is 38.0 Å². The first-order chi connectivity index (χ1) is 21.1. The average molecular weight is 622 g/mol. The van der Waals surface area contributed by atoms with Crippen molar-refractivity contribution >= 4 is 5.97 Å². The van der Waals surface area contributed by atoms with Gasteiger partial charge in [-0.3, -0.25) is 4.79 Å². The van der Waals surface area contributed by atoms with Gasteiger partial charge in [0.2, 0.25) is 5.88 Å². The Kier molecular flexibility index (Phi) is 7.93. The van der Waals surface area contributed by atoms with Crippen LogP contribution in [0.4, 0.5) is 8.78 Å². The Morgan fingerprint density at radius 3 is 2.36 bits per heavy atom. The molecule has 0 saturated heterocycles. The van der Waals surface area contributed by atoms with Gasteiger partial charge in [-0.25, -0.2) is 13.8 Å². The summed E-state index contributed by atoms with van der Waals surface area (Å²) in [7, 11) is 0. The summed E-state index contributed by atoms with van der Waals surface area (Å²) in [6, 6.07) is 7.90. The molecule has 1 aromatic heterocycles. The van der Waals surface area contributed by atoms with E-state index < -0.39 is 22.8 Å². The molecule has 1 heterocycles. The number of halogens is 2. The number of fused-ring (bicyclic) bond motifs is 3. The van der Waals surface area contributed by atoms with Gasteiger partial charge in [0.1, 0.15) is 29.6 Å². The van der Waals surface area contributed by atoms with Crippen LogP contribution in [0.5, 0.6) is 11.6 Å². The predicted molar refractivity (Wildman–Crippen MR) is 164 cm³/mol. The Bertz CT molecular complexity index is 1620. The van der Waals surface area contributed by atoms with Gasteiger partial charge < -0.3 is 24.4 Å². The van der Waals surface area contributed by atoms with Crippen LogP contribution in [-0.4, -0.2) is 45.1 Å². The van der Waals surface area contributed by atoms with Gasteiger partial charge in [-0.15, -0.1) is 0 Å². The number of benzene rings is 2. The van der Waals surface area contributed by atoms with Crippen molar-refractivity contribution in [3.63, 3.8) is 0 Å². The Labute approximate surface area is 262 Å². The largest absolute Gasteiger partial charge is 0.490 e. The lowest BCUT2D eigenvalue weighted by atomic mass is 9.72. The maximum Gasteiger partial charge on any atom is 0.310 e. The van der Waals surface area contributed by atoms with Crippen LogP contribution in [0.2, 0.25) is 0 Å². The van der Waals surface area contributed by atoms with E-state index in [1.54, 1.807) is 13.1 Å². The van der Waals surface area contributed by atoms with Gasteiger partial charge in [-0.1, -0.05) is 0 Å². The molecule has 0 radical (unpaired) electrons. The molecule has 0 aliphatic heterocycles. The average Bonchev–Trinajstić information content (AvgIpc) is 3.51. The highest BCUT2D eigenvalue weighted by Gasteiger charge is 2.61. The molecule has 7 nitrogen and oxygen atoms in total. The molecule has 6 rings (SSSR count). The molecule has 1 unspecified atom stereocenters. The smallest absolute Gasteiger partial charge is 0.310 e. The lowest BCUT2D eigenvalue weighted by Gasteiger charge is -2.43. The highest BCUT2D eigenvalue weighted by atomic mass is 19.1. The molecule has 4 atom stereocenters. The third-order valence-corrected chi connectivity index (χ3v) is 9.55. The fourth-order valence-electron chi connectivity index (χ4n) is 6.99. The van der Waals surface area contributed by atoms with Crippen molar-refractivity contribution in [3.8, 4) is 22.8 Å². The number of carbonyl (C=O) groups is 1. The first-order valence-electron chi connectivity index (χ1n) is 15.6. The molecule has 3 aromatic rings. The van der Waals surface area contributed by atoms with E-state index in [0.717, 1.165) is 34.7 Å². The Balaban J connectivity index is 1.13. The van der Waals surface area contributed by atoms with Gasteiger partial charge in [-0.2, -0.15) is 0 Å². The van der Waals surface area contributed by atoms with Crippen molar-refractivity contribution in [2.24, 2.45) is 17.8 Å². The molecule has 0 spiro atoms. The number of aromatic nitrogens is 1. The number of hydrogen-bond donors (Lipinski definition) is 2. The summed E-state index contributed by atoms with van der Waals surface area (Å²) in [6.07, 6.45) is 3.67. The van der Waals surface area contributed by atoms with Gasteiger partial charge in [0.15, 0.2) is 0 Å². The lowest BCUT2D eigenvalue weighted by molar-refractivity contribution is -0.157. The fraction of sp³-hybridized carbons (Fsp3) is 0.500. The third kappa shape index (κ3) is 6.17. The minimum Gasteiger partial charge on any atom is -0.490 e. The van der Waals surface area contributed by atoms with Crippen LogP contribution in [0.3, 0.4) is 0 Å². The van der Waals surface area contributed by atoms with E-state index in [9.17, 15) is 19.4 Å². The maximum absolute atomic E-state index is 15.2. The second-order valence-electron chi connectivity index (χ2n) is 14.2. The normalized spacial score (nSPS) is 24.6. The van der Waals surface area contributed by atoms with Crippen LogP contribution in [0.15, 0.2) is 36.5 Å². The number of rotatable bonds is 9. The fourth-order valence-corrected chi connectivity index (χ4v) is 6.99. The number of hydrogen-bond acceptors (Lipinski definition) is 7. The van der Waals surface area contributed by atoms with Crippen molar-refractivity contribution in [2.75, 3.05) is 6.61 Å². The quantitative estimate of drug-likeness (QED) is 0.269. The molecule has 3 aliphatic rings. The lowest BCUT2D eigenvalue weighted by Crippen LogP contribution is -2.49. The van der Waals surface area contributed by atoms with Gasteiger partial charge in [0.25, 0.3) is 0 Å². The first kappa shape index (κ1) is 31.4. The number of carbonyl (C=O) groups excluding carboxylic acids is 1. The molecule has 2 N–H and O–H groups in total. The minimum absolute atomic E-state index is 0.0305. The number of aryl methyl sites for hydroxylation is 2. The summed E-state index contributed by atoms with van der Waals surface area (Å²) in [6.45, 7) is 10.5. The molecule has 240 valence electrons. The standard InChI is InChI=1S/C36H41F2NO6/c1-18-7-23(44-24-12-22(13-24)36(6,42)17-40)8-19(2)31(18)25-10-21(28(37)14-29(25)38)16-43-30-11-20-9-26-32(27(20)15-39-30)33(26)34(41)45-35(3,4)5/h7-8,10-11,14-15,22,24,26,32-33,40,42H,9,12-13,16-17H2,1-6H3/t22-,24+,26-,32-,33+,36?/m1/s1. The molecule has 2 aromatic carbocycles. The van der Waals surface area contributed by atoms with E-state index >= 15 is 4.39 Å². The zero-order valence-electron chi connectivity index (χ0n) is 26.6. The summed E-state index contributed by atoms with van der Waals surface area (Å²) < 4.78 is 47.7. The van der Waals surface area contributed by atoms with Gasteiger partial charge in [0.05, 0.1) is 24.2 Å². The van der Waals surface area contributed by atoms with Crippen molar-refractivity contribution in [3.05, 3.63) is 76.0 Å². The summed E-state index contributed by atoms with van der Waals surface area (Å²) in [5.74, 6) is -0.385. The van der Waals surface area contributed by atoms with E-state index in [0.29, 0.717) is 30.0 Å². The molecule has 9 heteroatoms. The molecule has 2 fully saturated rings. The first-order valence-corrected chi connectivity index (χ1v) is 15.6. The van der Waals surface area contributed by atoms with Crippen LogP contribution < -0.4 is 9.47 Å². The Morgan fingerprint density at radius 1 is 1.02 bits per heavy atom. The number of pyridine rings is 1. The van der Waals surface area contributed by atoms with Crippen LogP contribution in [0.1, 0.15) is 74.3 Å². The number of ether oxygens (including phenoxy) is 3. The Hall–Kier alpha value is -3.56. The third-order valence-electron chi connectivity index (χ3n) is 9.55. The van der Waals surface area contributed by atoms with E-state index in [-0.39, 0.29) is 60.1 Å². The van der Waals surface area contributed by atoms with Gasteiger partial charge in [0, 0.05) is 35.4 Å². The number of aliphatic hydroxyl groups is 2. The number of esters is 1. The maximum atomic E-state index is 15.2. The molecular formula is C36H41F2NO6. The zero-order valence-corrected chi connectivity index (χ0v) is 26.6. The highest BCUT2D eigenvalue weighted by Crippen LogP contribution is 2.62. The molecule has 0 bridgehead atoms. The second-order valence-corrected chi connectivity index (χ2v) is 14.2. The van der Waals surface area contributed by atoms with Crippen LogP contribution in [0.25, 0.3) is 11.1 Å². The zero-order chi connectivity index (χ0) is 32.4. The second kappa shape index (κ2) is 11.4. The molecule has 2 saturated carbocycles. The van der Waals surface area contributed by atoms with Gasteiger partial charge >= 0.3 is 5.97 Å². The minimum atomic E-state index is -1.12. The van der Waals surface area contributed by atoms with Crippen molar-refractivity contribution in [1.82, 2.24) is 4.98 Å². The van der Waals surface area contributed by atoms with E-state index in [2.05, 4.69) is 4.98 Å². The molecule has 45 heavy (non-hydrogen) atoms. The number of aliphatic hydroxyl groups excluding tert-OH is 1. The van der Waals surface area contributed by atoms with Gasteiger partial charge in [-0.05, 0) is 119 Å². The van der Waals surface area contributed by atoms with E-state index in [4.69, 9.17) is 14.2 Å². The van der Waals surface area contributed by atoms with E-state index in [1.807, 2.05) is 52.8 Å². The summed E-state index contributed by atoms with van der Waals surface area (Å²) in [4.78, 5) is 17.0. The van der Waals surface area contributed by atoms with Crippen molar-refractivity contribution in [1.29, 1.82) is 0 Å². The molecule has 0 amide bonds. The highest BCUT2D eigenvalue weighted by molar-refractivity contribution is 5.80. The summed E-state index contributed by atoms with van der Waals surface area (Å²) in [5, 5.41) is 19.6. The Morgan fingerprint density at radius 2 is 1.71 bits per heavy atom. The SMILES string of the molecule is Cc1cc(O[C@H]2C[C@@H](C(C)(O)CO)C2)cc(C)c1-c1cc(COc2cc3c(cn2)[C@H]2[C@@H](C3)[C@@H]2C(=O)OC(C)(C)C)c(F)cc1F. The van der Waals surface area contributed by atoms with Crippen molar-refractivity contribution in [2.45, 2.75) is 90.6 Å². The summed E-state index contributed by atoms with van der Waals surface area (Å²) in [5.41, 5.74) is 3.15. The summed E-state index contributed by atoms with van der Waals surface area (Å²) >= 11 is 0. The monoisotopic (exact) mass is 621 g/mol. The van der Waals surface area contributed by atoms with Crippen LogP contribution >= 0.6 is 0 Å². The van der Waals surface area contributed by atoms with Crippen LogP contribution in [0, 0.1) is 43.2 Å².